The minimum absolute atomic E-state index is 0.110. The van der Waals surface area contributed by atoms with E-state index in [-0.39, 0.29) is 11.9 Å². The van der Waals surface area contributed by atoms with Crippen molar-refractivity contribution in [3.63, 3.8) is 0 Å². The van der Waals surface area contributed by atoms with Crippen LogP contribution in [0, 0.1) is 0 Å². The largest absolute Gasteiger partial charge is 0.497 e. The van der Waals surface area contributed by atoms with Crippen LogP contribution in [0.4, 0.5) is 11.9 Å². The second-order valence-electron chi connectivity index (χ2n) is 6.57. The molecular formula is C18H27N5O5S2. The van der Waals surface area contributed by atoms with E-state index in [0.717, 1.165) is 24.0 Å². The van der Waals surface area contributed by atoms with Crippen molar-refractivity contribution >= 4 is 33.7 Å². The number of nitrogens with one attached hydrogen (secondary N) is 2. The smallest absolute Gasteiger partial charge is 0.242 e. The maximum atomic E-state index is 11.6. The molecule has 2 rings (SSSR count). The minimum atomic E-state index is -3.59. The molecule has 2 aromatic rings. The summed E-state index contributed by atoms with van der Waals surface area (Å²) in [7, 11) is -1.99. The molecule has 1 aromatic heterocycles. The number of benzene rings is 1. The molecule has 0 unspecified atom stereocenters. The summed E-state index contributed by atoms with van der Waals surface area (Å²) >= 11 is 1.31. The Morgan fingerprint density at radius 1 is 1.17 bits per heavy atom. The van der Waals surface area contributed by atoms with Gasteiger partial charge in [-0.1, -0.05) is 37.2 Å². The van der Waals surface area contributed by atoms with Crippen molar-refractivity contribution < 1.29 is 23.4 Å². The van der Waals surface area contributed by atoms with E-state index in [2.05, 4.69) is 25.0 Å². The molecule has 0 saturated heterocycles. The van der Waals surface area contributed by atoms with Gasteiger partial charge in [-0.05, 0) is 24.1 Å². The Bertz CT molecular complexity index is 912. The lowest BCUT2D eigenvalue weighted by atomic mass is 10.1. The van der Waals surface area contributed by atoms with Crippen molar-refractivity contribution in [1.29, 1.82) is 0 Å². The number of methoxy groups -OCH3 is 1. The van der Waals surface area contributed by atoms with Crippen molar-refractivity contribution in [2.75, 3.05) is 30.0 Å². The van der Waals surface area contributed by atoms with Crippen LogP contribution >= 0.6 is 11.8 Å². The molecule has 30 heavy (non-hydrogen) atoms. The molecule has 0 spiro atoms. The second kappa shape index (κ2) is 11.3. The lowest BCUT2D eigenvalue weighted by Gasteiger charge is -2.22. The molecule has 166 valence electrons. The van der Waals surface area contributed by atoms with Crippen LogP contribution in [0.5, 0.6) is 5.75 Å². The van der Waals surface area contributed by atoms with E-state index in [0.29, 0.717) is 17.3 Å². The number of aliphatic hydroxyl groups is 2. The van der Waals surface area contributed by atoms with E-state index in [1.54, 1.807) is 7.11 Å². The summed E-state index contributed by atoms with van der Waals surface area (Å²) in [4.78, 5) is 12.6. The second-order valence-corrected chi connectivity index (χ2v) is 9.26. The summed E-state index contributed by atoms with van der Waals surface area (Å²) in [6.45, 7) is 1.52. The molecule has 0 aliphatic rings. The number of anilines is 2. The predicted octanol–water partition coefficient (Wildman–Crippen LogP) is 1.48. The molecule has 4 N–H and O–H groups in total. The van der Waals surface area contributed by atoms with E-state index >= 15 is 0 Å². The van der Waals surface area contributed by atoms with Crippen molar-refractivity contribution in [2.24, 2.45) is 0 Å². The van der Waals surface area contributed by atoms with Gasteiger partial charge in [0.2, 0.25) is 21.9 Å². The summed E-state index contributed by atoms with van der Waals surface area (Å²) in [6.07, 6.45) is 1.32. The van der Waals surface area contributed by atoms with Gasteiger partial charge in [0.05, 0.1) is 32.1 Å². The molecule has 2 atom stereocenters. The standard InChI is InChI=1S/C18H27N5O5S2/c1-4-5-14(15(25)10-24)19-16-20-17(23-30(3,26)27)22-18(21-16)29-11-12-6-8-13(28-2)9-7-12/h6-9,14-15,24-25H,4-5,10-11H2,1-3H3,(H2,19,20,21,22,23)/t14-,15+/m1/s1. The van der Waals surface area contributed by atoms with Crippen LogP contribution in [0.15, 0.2) is 29.4 Å². The molecule has 1 heterocycles. The number of rotatable bonds is 12. The average molecular weight is 458 g/mol. The maximum Gasteiger partial charge on any atom is 0.242 e. The Morgan fingerprint density at radius 2 is 1.83 bits per heavy atom. The Balaban J connectivity index is 2.24. The van der Waals surface area contributed by atoms with E-state index in [9.17, 15) is 18.6 Å². The first kappa shape index (κ1) is 24.1. The van der Waals surface area contributed by atoms with Crippen LogP contribution in [-0.2, 0) is 15.8 Å². The quantitative estimate of drug-likeness (QED) is 0.346. The fourth-order valence-corrected chi connectivity index (χ4v) is 3.74. The number of aliphatic hydroxyl groups excluding tert-OH is 2. The minimum Gasteiger partial charge on any atom is -0.497 e. The van der Waals surface area contributed by atoms with Gasteiger partial charge in [0.15, 0.2) is 5.16 Å². The van der Waals surface area contributed by atoms with Crippen LogP contribution in [0.2, 0.25) is 0 Å². The lowest BCUT2D eigenvalue weighted by Crippen LogP contribution is -2.36. The first-order valence-electron chi connectivity index (χ1n) is 9.29. The van der Waals surface area contributed by atoms with Gasteiger partial charge < -0.3 is 20.3 Å². The monoisotopic (exact) mass is 457 g/mol. The average Bonchev–Trinajstić information content (AvgIpc) is 2.70. The first-order valence-corrected chi connectivity index (χ1v) is 12.2. The van der Waals surface area contributed by atoms with Gasteiger partial charge in [-0.25, -0.2) is 8.42 Å². The SMILES string of the molecule is CCC[C@@H](Nc1nc(NS(C)(=O)=O)nc(SCc2ccc(OC)cc2)n1)[C@@H](O)CO. The summed E-state index contributed by atoms with van der Waals surface area (Å²) < 4.78 is 30.6. The number of ether oxygens (including phenoxy) is 1. The number of sulfonamides is 1. The van der Waals surface area contributed by atoms with Crippen LogP contribution in [0.1, 0.15) is 25.3 Å². The summed E-state index contributed by atoms with van der Waals surface area (Å²) in [5, 5.41) is 22.6. The van der Waals surface area contributed by atoms with Crippen LogP contribution in [0.3, 0.4) is 0 Å². The van der Waals surface area contributed by atoms with Gasteiger partial charge in [-0.2, -0.15) is 15.0 Å². The Hall–Kier alpha value is -2.15. The summed E-state index contributed by atoms with van der Waals surface area (Å²) in [6, 6.07) is 7.03. The molecule has 10 nitrogen and oxygen atoms in total. The van der Waals surface area contributed by atoms with Crippen LogP contribution in [0.25, 0.3) is 0 Å². The highest BCUT2D eigenvalue weighted by atomic mass is 32.2. The summed E-state index contributed by atoms with van der Waals surface area (Å²) in [5.74, 6) is 1.28. The third-order valence-corrected chi connectivity index (χ3v) is 5.46. The van der Waals surface area contributed by atoms with E-state index in [4.69, 9.17) is 4.74 Å². The Labute approximate surface area is 180 Å². The first-order chi connectivity index (χ1) is 14.2. The fraction of sp³-hybridized carbons (Fsp3) is 0.500. The summed E-state index contributed by atoms with van der Waals surface area (Å²) in [5.41, 5.74) is 1.01. The maximum absolute atomic E-state index is 11.6. The highest BCUT2D eigenvalue weighted by molar-refractivity contribution is 7.98. The lowest BCUT2D eigenvalue weighted by molar-refractivity contribution is 0.0769. The van der Waals surface area contributed by atoms with Crippen molar-refractivity contribution in [2.45, 2.75) is 42.8 Å². The number of hydrogen-bond donors (Lipinski definition) is 4. The molecule has 0 bridgehead atoms. The van der Waals surface area contributed by atoms with E-state index in [1.807, 2.05) is 31.2 Å². The molecular weight excluding hydrogens is 430 g/mol. The predicted molar refractivity (Wildman–Crippen MR) is 116 cm³/mol. The van der Waals surface area contributed by atoms with E-state index in [1.165, 1.54) is 11.8 Å². The van der Waals surface area contributed by atoms with Crippen molar-refractivity contribution in [3.8, 4) is 5.75 Å². The van der Waals surface area contributed by atoms with Crippen molar-refractivity contribution in [1.82, 2.24) is 15.0 Å². The zero-order valence-corrected chi connectivity index (χ0v) is 18.7. The van der Waals surface area contributed by atoms with Gasteiger partial charge in [0.1, 0.15) is 5.75 Å². The Kier molecular flexibility index (Phi) is 9.08. The molecule has 12 heteroatoms. The molecule has 0 amide bonds. The third kappa shape index (κ3) is 7.94. The van der Waals surface area contributed by atoms with Gasteiger partial charge >= 0.3 is 0 Å². The molecule has 0 aliphatic carbocycles. The molecule has 1 aromatic carbocycles. The number of nitrogens with zero attached hydrogens (tertiary/aromatic N) is 3. The van der Waals surface area contributed by atoms with Gasteiger partial charge in [-0.3, -0.25) is 4.72 Å². The van der Waals surface area contributed by atoms with E-state index < -0.39 is 28.8 Å². The zero-order chi connectivity index (χ0) is 22.1. The molecule has 0 saturated carbocycles. The zero-order valence-electron chi connectivity index (χ0n) is 17.1. The number of aromatic nitrogens is 3. The van der Waals surface area contributed by atoms with Crippen molar-refractivity contribution in [3.05, 3.63) is 29.8 Å². The van der Waals surface area contributed by atoms with Gasteiger partial charge in [0, 0.05) is 5.75 Å². The fourth-order valence-electron chi connectivity index (χ4n) is 2.53. The highest BCUT2D eigenvalue weighted by Crippen LogP contribution is 2.23. The van der Waals surface area contributed by atoms with Crippen LogP contribution < -0.4 is 14.8 Å². The number of thioether (sulfide) groups is 1. The van der Waals surface area contributed by atoms with Gasteiger partial charge in [-0.15, -0.1) is 0 Å². The third-order valence-electron chi connectivity index (χ3n) is 3.98. The highest BCUT2D eigenvalue weighted by Gasteiger charge is 2.20. The number of hydrogen-bond acceptors (Lipinski definition) is 10. The normalized spacial score (nSPS) is 13.5. The Morgan fingerprint density at radius 3 is 2.40 bits per heavy atom. The topological polar surface area (TPSA) is 147 Å². The van der Waals surface area contributed by atoms with Gasteiger partial charge in [0.25, 0.3) is 0 Å². The molecule has 0 fully saturated rings. The van der Waals surface area contributed by atoms with Crippen LogP contribution in [-0.4, -0.2) is 65.7 Å². The molecule has 0 aliphatic heterocycles. The molecule has 0 radical (unpaired) electrons.